The van der Waals surface area contributed by atoms with Crippen LogP contribution in [0.5, 0.6) is 23.0 Å². The fraction of sp³-hybridized carbons (Fsp3) is 0.0476. The number of ether oxygens (including phenoxy) is 2. The molecule has 3 nitrogen and oxygen atoms in total. The van der Waals surface area contributed by atoms with Crippen LogP contribution in [0.25, 0.3) is 51.1 Å². The van der Waals surface area contributed by atoms with Gasteiger partial charge in [-0.05, 0) is 187 Å². The van der Waals surface area contributed by atoms with Crippen molar-refractivity contribution in [2.24, 2.45) is 0 Å². The van der Waals surface area contributed by atoms with Gasteiger partial charge in [-0.2, -0.15) is 0 Å². The molecule has 12 aromatic carbocycles. The number of nitrogens with zero attached hydrogens (tertiary/aromatic N) is 1. The van der Waals surface area contributed by atoms with E-state index in [-0.39, 0.29) is 56.3 Å². The molecule has 0 fully saturated rings. The van der Waals surface area contributed by atoms with Crippen LogP contribution in [-0.4, -0.2) is 0 Å². The van der Waals surface area contributed by atoms with Crippen molar-refractivity contribution < 1.29 is 53.4 Å². The summed E-state index contributed by atoms with van der Waals surface area (Å²) < 4.78 is 179. The number of anilines is 3. The number of hydrogen-bond acceptors (Lipinski definition) is 3. The van der Waals surface area contributed by atoms with Crippen LogP contribution >= 0.6 is 0 Å². The van der Waals surface area contributed by atoms with Crippen LogP contribution in [-0.2, 0) is 10.8 Å². The van der Waals surface area contributed by atoms with Crippen LogP contribution in [0.2, 0.25) is 0 Å². The third-order valence-electron chi connectivity index (χ3n) is 18.7. The molecule has 13 heteroatoms. The molecule has 0 aromatic heterocycles. The molecule has 0 radical (unpaired) electrons. The molecule has 0 saturated carbocycles. The minimum atomic E-state index is -2.36. The Bertz CT molecular complexity index is 5200. The first-order valence-electron chi connectivity index (χ1n) is 31.1. The van der Waals surface area contributed by atoms with E-state index < -0.39 is 80.1 Å². The second kappa shape index (κ2) is 24.3. The van der Waals surface area contributed by atoms with E-state index in [4.69, 9.17) is 9.47 Å². The van der Waals surface area contributed by atoms with Crippen LogP contribution in [0.1, 0.15) is 68.5 Å². The Kier molecular flexibility index (Phi) is 15.4. The van der Waals surface area contributed by atoms with E-state index in [0.29, 0.717) is 57.9 Å². The van der Waals surface area contributed by atoms with Gasteiger partial charge in [-0.25, -0.2) is 43.9 Å². The highest BCUT2D eigenvalue weighted by Crippen LogP contribution is 2.62. The molecule has 2 unspecified atom stereocenters. The molecule has 0 bridgehead atoms. The fourth-order valence-electron chi connectivity index (χ4n) is 14.4. The zero-order valence-electron chi connectivity index (χ0n) is 51.2. The second-order valence-corrected chi connectivity index (χ2v) is 23.8. The zero-order chi connectivity index (χ0) is 67.0. The Morgan fingerprint density at radius 2 is 0.742 bits per heavy atom. The predicted molar refractivity (Wildman–Crippen MR) is 360 cm³/mol. The maximum absolute atomic E-state index is 17.5. The summed E-state index contributed by atoms with van der Waals surface area (Å²) >= 11 is 0. The molecular formula is C84H51F10NO2. The van der Waals surface area contributed by atoms with Crippen molar-refractivity contribution in [2.45, 2.75) is 23.7 Å². The van der Waals surface area contributed by atoms with E-state index in [0.717, 1.165) is 27.8 Å². The van der Waals surface area contributed by atoms with Gasteiger partial charge in [0.1, 0.15) is 23.0 Å². The van der Waals surface area contributed by atoms with Crippen LogP contribution in [0, 0.1) is 58.2 Å². The highest BCUT2D eigenvalue weighted by atomic mass is 19.2. The Morgan fingerprint density at radius 3 is 1.27 bits per heavy atom. The summed E-state index contributed by atoms with van der Waals surface area (Å²) in [4.78, 5) is 1.76. The van der Waals surface area contributed by atoms with Gasteiger partial charge in [0.05, 0.1) is 10.8 Å². The van der Waals surface area contributed by atoms with Crippen molar-refractivity contribution in [3.8, 4) is 56.4 Å². The third-order valence-corrected chi connectivity index (χ3v) is 18.7. The zero-order valence-corrected chi connectivity index (χ0v) is 51.2. The monoisotopic (exact) mass is 1300 g/mol. The Hall–Kier alpha value is -11.7. The van der Waals surface area contributed by atoms with Crippen LogP contribution in [0.4, 0.5) is 61.0 Å². The van der Waals surface area contributed by atoms with Gasteiger partial charge in [0, 0.05) is 28.2 Å². The lowest BCUT2D eigenvalue weighted by Gasteiger charge is -2.37. The Labute approximate surface area is 551 Å². The lowest BCUT2D eigenvalue weighted by molar-refractivity contribution is 0.363. The smallest absolute Gasteiger partial charge is 0.200 e. The average Bonchev–Trinajstić information content (AvgIpc) is 1.65. The first kappa shape index (κ1) is 61.5. The van der Waals surface area contributed by atoms with Crippen molar-refractivity contribution in [3.05, 3.63) is 381 Å². The van der Waals surface area contributed by atoms with Gasteiger partial charge in [-0.3, -0.25) is 0 Å². The molecule has 12 aromatic rings. The largest absolute Gasteiger partial charge is 0.457 e. The minimum Gasteiger partial charge on any atom is -0.457 e. The van der Waals surface area contributed by atoms with Gasteiger partial charge in [0.15, 0.2) is 46.5 Å². The molecule has 474 valence electrons. The maximum Gasteiger partial charge on any atom is 0.200 e. The van der Waals surface area contributed by atoms with Crippen LogP contribution < -0.4 is 14.4 Å². The lowest BCUT2D eigenvalue weighted by Crippen LogP contribution is -2.33. The first-order chi connectivity index (χ1) is 47.1. The van der Waals surface area contributed by atoms with Crippen molar-refractivity contribution in [3.63, 3.8) is 0 Å². The number of fused-ring (bicyclic) bond motifs is 5. The summed E-state index contributed by atoms with van der Waals surface area (Å²) in [7, 11) is 0. The molecule has 3 aliphatic rings. The minimum absolute atomic E-state index is 0.0799. The molecule has 0 aliphatic heterocycles. The van der Waals surface area contributed by atoms with Crippen molar-refractivity contribution in [2.75, 3.05) is 4.90 Å². The van der Waals surface area contributed by atoms with E-state index in [1.807, 2.05) is 72.8 Å². The summed E-state index contributed by atoms with van der Waals surface area (Å²) in [6, 6.07) is 67.9. The molecule has 0 N–H and O–H groups in total. The molecule has 2 atom stereocenters. The molecule has 0 heterocycles. The van der Waals surface area contributed by atoms with Gasteiger partial charge >= 0.3 is 0 Å². The second-order valence-electron chi connectivity index (χ2n) is 23.8. The summed E-state index contributed by atoms with van der Waals surface area (Å²) in [6.45, 7) is 7.62. The predicted octanol–water partition coefficient (Wildman–Crippen LogP) is 23.6. The Balaban J connectivity index is 1.000. The molecule has 0 saturated heterocycles. The van der Waals surface area contributed by atoms with Crippen molar-refractivity contribution >= 4 is 34.8 Å². The van der Waals surface area contributed by atoms with Crippen molar-refractivity contribution in [1.82, 2.24) is 0 Å². The van der Waals surface area contributed by atoms with Gasteiger partial charge in [-0.1, -0.05) is 189 Å². The molecule has 0 spiro atoms. The number of hydrogen-bond donors (Lipinski definition) is 0. The van der Waals surface area contributed by atoms with E-state index >= 15 is 43.9 Å². The number of allylic oxidation sites excluding steroid dienone is 4. The molecule has 97 heavy (non-hydrogen) atoms. The average molecular weight is 1300 g/mol. The molecular weight excluding hydrogens is 1240 g/mol. The summed E-state index contributed by atoms with van der Waals surface area (Å²) in [5.74, 6) is -20.2. The molecule has 0 amide bonds. The standard InChI is InChI=1S/C84H51F10NO2/c1-3-48-25-35-57(36-26-48)96-59-39-29-52(30-40-59)83(71-73(85)77(89)81(93)78(90)74(71)86)67-23-12-10-21-63(67)65-43-33-55(46-69(65)83)95(54-18-14-17-51(45-54)62-20-9-8-19-61(62)50-15-6-5-7-16-50)56-34-44-66-64-22-11-13-24-68(64)84(70(66)47-56,72-75(87)79(91)82(94)80(92)76(72)88)53-31-41-60(42-32-53)97-58-37-27-49(4-2)28-38-58/h3-10,12-21,23-47H,1-2,11,22H2. The van der Waals surface area contributed by atoms with Gasteiger partial charge in [-0.15, -0.1) is 0 Å². The molecule has 15 rings (SSSR count). The normalized spacial score (nSPS) is 15.7. The number of benzene rings is 12. The van der Waals surface area contributed by atoms with E-state index in [9.17, 15) is 0 Å². The summed E-state index contributed by atoms with van der Waals surface area (Å²) in [6.07, 6.45) is 7.52. The van der Waals surface area contributed by atoms with E-state index in [2.05, 4.69) is 13.2 Å². The Morgan fingerprint density at radius 1 is 0.340 bits per heavy atom. The number of rotatable bonds is 15. The summed E-state index contributed by atoms with van der Waals surface area (Å²) in [5, 5.41) is 0. The fourth-order valence-corrected chi connectivity index (χ4v) is 14.4. The maximum atomic E-state index is 17.5. The van der Waals surface area contributed by atoms with Crippen molar-refractivity contribution in [1.29, 1.82) is 0 Å². The van der Waals surface area contributed by atoms with Gasteiger partial charge in [0.25, 0.3) is 0 Å². The van der Waals surface area contributed by atoms with E-state index in [1.165, 1.54) is 36.4 Å². The van der Waals surface area contributed by atoms with E-state index in [1.54, 1.807) is 157 Å². The molecule has 3 aliphatic carbocycles. The van der Waals surface area contributed by atoms with Crippen LogP contribution in [0.15, 0.2) is 267 Å². The van der Waals surface area contributed by atoms with Gasteiger partial charge < -0.3 is 14.4 Å². The lowest BCUT2D eigenvalue weighted by atomic mass is 9.65. The van der Waals surface area contributed by atoms with Gasteiger partial charge in [0.2, 0.25) is 11.6 Å². The SMILES string of the molecule is C=Cc1ccc(Oc2ccc(C3(c4c(F)c(F)c(F)c(F)c4F)C4=C(CCC=C4)c4ccc(N(c5cccc(-c6ccccc6-c6ccccc6)c5)c5ccc6c(c5)C(c5ccc(Oc7ccc(C=C)cc7)cc5)(c5c(F)c(F)c(F)c(F)c5F)c5ccccc5-6)cc43)cc2)cc1. The van der Waals surface area contributed by atoms with Crippen LogP contribution in [0.3, 0.4) is 0 Å². The number of halogens is 10. The highest BCUT2D eigenvalue weighted by molar-refractivity contribution is 5.94. The topological polar surface area (TPSA) is 21.7 Å². The quantitative estimate of drug-likeness (QED) is 0.0580. The summed E-state index contributed by atoms with van der Waals surface area (Å²) in [5.41, 5.74) is 1.48. The third kappa shape index (κ3) is 9.81. The highest BCUT2D eigenvalue weighted by Gasteiger charge is 2.54. The first-order valence-corrected chi connectivity index (χ1v) is 31.1.